The normalized spacial score (nSPS) is 17.9. The second-order valence-electron chi connectivity index (χ2n) is 7.64. The van der Waals surface area contributed by atoms with E-state index in [9.17, 15) is 5.11 Å². The molecular formula is C23H29N3O3. The molecule has 0 radical (unpaired) electrons. The highest BCUT2D eigenvalue weighted by Crippen LogP contribution is 2.34. The Hall–Kier alpha value is -2.41. The van der Waals surface area contributed by atoms with Crippen molar-refractivity contribution in [1.82, 2.24) is 14.9 Å². The molecule has 1 saturated heterocycles. The van der Waals surface area contributed by atoms with Crippen LogP contribution < -0.4 is 4.74 Å². The number of hydrogen-bond acceptors (Lipinski definition) is 5. The number of aromatic nitrogens is 2. The van der Waals surface area contributed by atoms with E-state index in [1.54, 1.807) is 6.20 Å². The average Bonchev–Trinajstić information content (AvgIpc) is 3.37. The lowest BCUT2D eigenvalue weighted by Gasteiger charge is -2.22. The Labute approximate surface area is 171 Å². The number of hydrogen-bond donors (Lipinski definition) is 2. The Balaban J connectivity index is 1.52. The molecule has 0 saturated carbocycles. The number of aliphatic hydroxyl groups is 1. The maximum Gasteiger partial charge on any atom is 0.137 e. The molecule has 0 amide bonds. The monoisotopic (exact) mass is 395 g/mol. The van der Waals surface area contributed by atoms with Gasteiger partial charge in [0, 0.05) is 31.3 Å². The van der Waals surface area contributed by atoms with Gasteiger partial charge in [0.25, 0.3) is 0 Å². The molecule has 4 rings (SSSR count). The van der Waals surface area contributed by atoms with Gasteiger partial charge in [-0.1, -0.05) is 12.1 Å². The Bertz CT molecular complexity index is 949. The molecule has 154 valence electrons. The first-order chi connectivity index (χ1) is 14.2. The van der Waals surface area contributed by atoms with Gasteiger partial charge in [-0.05, 0) is 62.2 Å². The van der Waals surface area contributed by atoms with Gasteiger partial charge in [-0.2, -0.15) is 0 Å². The van der Waals surface area contributed by atoms with Crippen LogP contribution in [0.2, 0.25) is 0 Å². The first kappa shape index (κ1) is 19.9. The minimum Gasteiger partial charge on any atom is -0.494 e. The smallest absolute Gasteiger partial charge is 0.137 e. The molecule has 0 bridgehead atoms. The van der Waals surface area contributed by atoms with Crippen LogP contribution in [0, 0.1) is 0 Å². The van der Waals surface area contributed by atoms with E-state index < -0.39 is 6.10 Å². The fraction of sp³-hybridized carbons (Fsp3) is 0.435. The number of aliphatic hydroxyl groups excluding tert-OH is 1. The predicted molar refractivity (Wildman–Crippen MR) is 113 cm³/mol. The fourth-order valence-corrected chi connectivity index (χ4v) is 4.06. The molecule has 1 fully saturated rings. The van der Waals surface area contributed by atoms with Gasteiger partial charge in [-0.15, -0.1) is 0 Å². The maximum atomic E-state index is 10.8. The number of H-pyrrole nitrogens is 1. The highest BCUT2D eigenvalue weighted by atomic mass is 16.5. The third-order valence-corrected chi connectivity index (χ3v) is 5.43. The van der Waals surface area contributed by atoms with Gasteiger partial charge in [0.1, 0.15) is 11.4 Å². The van der Waals surface area contributed by atoms with E-state index in [0.29, 0.717) is 19.7 Å². The van der Waals surface area contributed by atoms with Crippen molar-refractivity contribution in [3.63, 3.8) is 0 Å². The highest BCUT2D eigenvalue weighted by Gasteiger charge is 2.25. The van der Waals surface area contributed by atoms with Crippen molar-refractivity contribution < 1.29 is 14.6 Å². The summed E-state index contributed by atoms with van der Waals surface area (Å²) in [5, 5.41) is 11.9. The topological polar surface area (TPSA) is 70.6 Å². The van der Waals surface area contributed by atoms with E-state index in [2.05, 4.69) is 20.9 Å². The largest absolute Gasteiger partial charge is 0.494 e. The molecule has 2 N–H and O–H groups in total. The zero-order chi connectivity index (χ0) is 20.2. The van der Waals surface area contributed by atoms with Gasteiger partial charge in [-0.3, -0.25) is 4.90 Å². The fourth-order valence-electron chi connectivity index (χ4n) is 4.06. The van der Waals surface area contributed by atoms with Crippen molar-refractivity contribution in [1.29, 1.82) is 0 Å². The van der Waals surface area contributed by atoms with Gasteiger partial charge >= 0.3 is 0 Å². The second kappa shape index (κ2) is 8.95. The summed E-state index contributed by atoms with van der Waals surface area (Å²) in [6.07, 6.45) is 3.42. The summed E-state index contributed by atoms with van der Waals surface area (Å²) >= 11 is 0. The summed E-state index contributed by atoms with van der Waals surface area (Å²) in [5.41, 5.74) is 4.09. The number of aromatic amines is 1. The quantitative estimate of drug-likeness (QED) is 0.604. The minimum absolute atomic E-state index is 0.0976. The summed E-state index contributed by atoms with van der Waals surface area (Å²) in [5.74, 6) is 0.787. The zero-order valence-corrected chi connectivity index (χ0v) is 17.1. The number of ether oxygens (including phenoxy) is 2. The van der Waals surface area contributed by atoms with Crippen LogP contribution in [0.1, 0.15) is 48.8 Å². The van der Waals surface area contributed by atoms with E-state index in [-0.39, 0.29) is 6.10 Å². The van der Waals surface area contributed by atoms with Gasteiger partial charge < -0.3 is 19.6 Å². The van der Waals surface area contributed by atoms with Crippen molar-refractivity contribution >= 4 is 11.0 Å². The molecule has 0 aliphatic carbocycles. The lowest BCUT2D eigenvalue weighted by molar-refractivity contribution is 0.105. The molecule has 3 heterocycles. The van der Waals surface area contributed by atoms with Crippen molar-refractivity contribution in [2.45, 2.75) is 38.5 Å². The molecule has 29 heavy (non-hydrogen) atoms. The van der Waals surface area contributed by atoms with Crippen LogP contribution in [-0.2, 0) is 11.3 Å². The van der Waals surface area contributed by atoms with Crippen molar-refractivity contribution in [2.24, 2.45) is 0 Å². The SMILES string of the molecule is CCOc1cccc(C(O)CN(C)Cc2c([C@H]3CCCO3)[nH]c3ncccc23)c1. The summed E-state index contributed by atoms with van der Waals surface area (Å²) in [7, 11) is 2.03. The summed E-state index contributed by atoms with van der Waals surface area (Å²) < 4.78 is 11.5. The number of rotatable bonds is 8. The number of fused-ring (bicyclic) bond motifs is 1. The van der Waals surface area contributed by atoms with Gasteiger partial charge in [0.05, 0.1) is 24.5 Å². The Morgan fingerprint density at radius 1 is 1.34 bits per heavy atom. The van der Waals surface area contributed by atoms with E-state index in [1.165, 1.54) is 5.56 Å². The Morgan fingerprint density at radius 2 is 2.24 bits per heavy atom. The molecule has 1 unspecified atom stereocenters. The lowest BCUT2D eigenvalue weighted by Crippen LogP contribution is -2.25. The van der Waals surface area contributed by atoms with Gasteiger partial charge in [-0.25, -0.2) is 4.98 Å². The molecule has 2 atom stereocenters. The van der Waals surface area contributed by atoms with Crippen LogP contribution in [0.15, 0.2) is 42.6 Å². The zero-order valence-electron chi connectivity index (χ0n) is 17.1. The van der Waals surface area contributed by atoms with Crippen molar-refractivity contribution in [3.05, 3.63) is 59.4 Å². The third kappa shape index (κ3) is 4.45. The van der Waals surface area contributed by atoms with Crippen LogP contribution in [0.5, 0.6) is 5.75 Å². The van der Waals surface area contributed by atoms with Crippen LogP contribution in [0.25, 0.3) is 11.0 Å². The van der Waals surface area contributed by atoms with E-state index in [4.69, 9.17) is 9.47 Å². The van der Waals surface area contributed by atoms with Crippen LogP contribution in [0.4, 0.5) is 0 Å². The van der Waals surface area contributed by atoms with Crippen LogP contribution in [0.3, 0.4) is 0 Å². The number of likely N-dealkylation sites (N-methyl/N-ethyl adjacent to an activating group) is 1. The van der Waals surface area contributed by atoms with Crippen molar-refractivity contribution in [2.75, 3.05) is 26.8 Å². The molecule has 6 heteroatoms. The van der Waals surface area contributed by atoms with Crippen LogP contribution in [-0.4, -0.2) is 46.8 Å². The first-order valence-corrected chi connectivity index (χ1v) is 10.3. The maximum absolute atomic E-state index is 10.8. The highest BCUT2D eigenvalue weighted by molar-refractivity contribution is 5.81. The van der Waals surface area contributed by atoms with E-state index >= 15 is 0 Å². The Morgan fingerprint density at radius 3 is 3.03 bits per heavy atom. The summed E-state index contributed by atoms with van der Waals surface area (Å²) in [6, 6.07) is 11.8. The number of pyridine rings is 1. The Kier molecular flexibility index (Phi) is 6.13. The molecule has 3 aromatic rings. The molecule has 1 aromatic carbocycles. The summed E-state index contributed by atoms with van der Waals surface area (Å²) in [6.45, 7) is 4.60. The second-order valence-corrected chi connectivity index (χ2v) is 7.64. The first-order valence-electron chi connectivity index (χ1n) is 10.3. The lowest BCUT2D eigenvalue weighted by atomic mass is 10.1. The molecule has 0 spiro atoms. The molecule has 2 aromatic heterocycles. The third-order valence-electron chi connectivity index (χ3n) is 5.43. The van der Waals surface area contributed by atoms with E-state index in [1.807, 2.05) is 44.3 Å². The number of benzene rings is 1. The van der Waals surface area contributed by atoms with Gasteiger partial charge in [0.2, 0.25) is 0 Å². The molecule has 6 nitrogen and oxygen atoms in total. The molecule has 1 aliphatic rings. The van der Waals surface area contributed by atoms with Crippen molar-refractivity contribution in [3.8, 4) is 5.75 Å². The minimum atomic E-state index is -0.588. The van der Waals surface area contributed by atoms with E-state index in [0.717, 1.165) is 47.5 Å². The predicted octanol–water partition coefficient (Wildman–Crippen LogP) is 3.98. The van der Waals surface area contributed by atoms with Crippen LogP contribution >= 0.6 is 0 Å². The summed E-state index contributed by atoms with van der Waals surface area (Å²) in [4.78, 5) is 10.1. The average molecular weight is 396 g/mol. The number of nitrogens with one attached hydrogen (secondary N) is 1. The number of nitrogens with zero attached hydrogens (tertiary/aromatic N) is 2. The molecular weight excluding hydrogens is 366 g/mol. The molecule has 1 aliphatic heterocycles. The standard InChI is InChI=1S/C23H29N3O3/c1-3-28-17-8-4-7-16(13-17)20(27)15-26(2)14-19-18-9-5-11-24-23(18)25-22(19)21-10-6-12-29-21/h4-5,7-9,11,13,20-21,27H,3,6,10,12,14-15H2,1-2H3,(H,24,25)/t20?,21-/m1/s1. The van der Waals surface area contributed by atoms with Gasteiger partial charge in [0.15, 0.2) is 0 Å².